The van der Waals surface area contributed by atoms with E-state index in [-0.39, 0.29) is 5.91 Å². The summed E-state index contributed by atoms with van der Waals surface area (Å²) in [6, 6.07) is 7.48. The molecule has 0 spiro atoms. The number of nitrogens with one attached hydrogen (secondary N) is 1. The van der Waals surface area contributed by atoms with Crippen molar-refractivity contribution in [2.45, 2.75) is 50.6 Å². The van der Waals surface area contributed by atoms with E-state index in [9.17, 15) is 4.79 Å². The van der Waals surface area contributed by atoms with Crippen LogP contribution in [0.15, 0.2) is 28.6 Å². The smallest absolute Gasteiger partial charge is 0.224 e. The standard InChI is InChI=1S/C18H19N3OS/c22-17-8-6-11-9-12(5-7-13(11)19-17)16-10-23-18-20-14-3-1-2-4-15(14)21(16)18/h5,7,9-10,14-15H,1-4,6,8H2,(H,19,22)/t14-,15-/m1/s1. The first kappa shape index (κ1) is 13.7. The molecule has 0 radical (unpaired) electrons. The molecule has 23 heavy (non-hydrogen) atoms. The van der Waals surface area contributed by atoms with Gasteiger partial charge in [-0.3, -0.25) is 9.79 Å². The molecule has 5 rings (SSSR count). The van der Waals surface area contributed by atoms with Crippen LogP contribution in [0, 0.1) is 0 Å². The van der Waals surface area contributed by atoms with Crippen LogP contribution in [0.2, 0.25) is 0 Å². The fourth-order valence-electron chi connectivity index (χ4n) is 4.17. The van der Waals surface area contributed by atoms with Gasteiger partial charge in [-0.05, 0) is 42.5 Å². The number of amides is 1. The van der Waals surface area contributed by atoms with Gasteiger partial charge in [-0.2, -0.15) is 0 Å². The molecule has 118 valence electrons. The fraction of sp³-hybridized carbons (Fsp3) is 0.444. The number of hydrogen-bond donors (Lipinski definition) is 1. The summed E-state index contributed by atoms with van der Waals surface area (Å²) in [5.41, 5.74) is 4.77. The van der Waals surface area contributed by atoms with Gasteiger partial charge in [0.05, 0.1) is 17.8 Å². The molecule has 4 nitrogen and oxygen atoms in total. The Bertz CT molecular complexity index is 755. The van der Waals surface area contributed by atoms with Gasteiger partial charge in [0.25, 0.3) is 0 Å². The zero-order valence-electron chi connectivity index (χ0n) is 12.9. The Morgan fingerprint density at radius 2 is 2.13 bits per heavy atom. The molecule has 1 amide bonds. The van der Waals surface area contributed by atoms with E-state index in [2.05, 4.69) is 33.8 Å². The maximum Gasteiger partial charge on any atom is 0.224 e. The maximum atomic E-state index is 11.5. The van der Waals surface area contributed by atoms with Crippen molar-refractivity contribution >= 4 is 34.2 Å². The number of thioether (sulfide) groups is 1. The Hall–Kier alpha value is -1.75. The van der Waals surface area contributed by atoms with E-state index < -0.39 is 0 Å². The highest BCUT2D eigenvalue weighted by Gasteiger charge is 2.42. The molecule has 5 heteroatoms. The fourth-order valence-corrected chi connectivity index (χ4v) is 5.18. The van der Waals surface area contributed by atoms with Gasteiger partial charge in [0, 0.05) is 17.5 Å². The first-order chi connectivity index (χ1) is 11.3. The summed E-state index contributed by atoms with van der Waals surface area (Å²) in [6.45, 7) is 0. The molecule has 1 fully saturated rings. The van der Waals surface area contributed by atoms with Crippen LogP contribution in [0.1, 0.15) is 43.2 Å². The number of benzene rings is 1. The number of anilines is 1. The van der Waals surface area contributed by atoms with Crippen molar-refractivity contribution in [3.05, 3.63) is 34.7 Å². The molecule has 0 unspecified atom stereocenters. The summed E-state index contributed by atoms with van der Waals surface area (Å²) in [5, 5.41) is 6.39. The van der Waals surface area contributed by atoms with Gasteiger partial charge in [-0.25, -0.2) is 0 Å². The van der Waals surface area contributed by atoms with Gasteiger partial charge >= 0.3 is 0 Å². The highest BCUT2D eigenvalue weighted by Crippen LogP contribution is 2.44. The van der Waals surface area contributed by atoms with E-state index in [4.69, 9.17) is 4.99 Å². The van der Waals surface area contributed by atoms with E-state index in [1.54, 1.807) is 11.8 Å². The molecule has 1 saturated carbocycles. The lowest BCUT2D eigenvalue weighted by Crippen LogP contribution is -2.38. The Balaban J connectivity index is 1.48. The number of fused-ring (bicyclic) bond motifs is 4. The van der Waals surface area contributed by atoms with Crippen molar-refractivity contribution in [1.82, 2.24) is 4.90 Å². The minimum absolute atomic E-state index is 0.125. The van der Waals surface area contributed by atoms with Crippen LogP contribution < -0.4 is 5.32 Å². The van der Waals surface area contributed by atoms with Crippen LogP contribution in [-0.2, 0) is 11.2 Å². The second kappa shape index (κ2) is 5.13. The summed E-state index contributed by atoms with van der Waals surface area (Å²) in [6.07, 6.45) is 6.53. The molecule has 1 aromatic rings. The summed E-state index contributed by atoms with van der Waals surface area (Å²) >= 11 is 1.76. The van der Waals surface area contributed by atoms with Crippen molar-refractivity contribution in [2.75, 3.05) is 5.32 Å². The maximum absolute atomic E-state index is 11.5. The summed E-state index contributed by atoms with van der Waals surface area (Å²) in [5.74, 6) is 0.125. The van der Waals surface area contributed by atoms with E-state index >= 15 is 0 Å². The molecular formula is C18H19N3OS. The molecule has 1 aliphatic carbocycles. The number of rotatable bonds is 1. The molecule has 1 N–H and O–H groups in total. The van der Waals surface area contributed by atoms with Gasteiger partial charge < -0.3 is 10.2 Å². The summed E-state index contributed by atoms with van der Waals surface area (Å²) in [4.78, 5) is 18.9. The molecule has 1 aromatic carbocycles. The third kappa shape index (κ3) is 2.13. The monoisotopic (exact) mass is 325 g/mol. The average molecular weight is 325 g/mol. The number of nitrogens with zero attached hydrogens (tertiary/aromatic N) is 2. The molecule has 3 heterocycles. The van der Waals surface area contributed by atoms with Gasteiger partial charge in [-0.15, -0.1) is 0 Å². The van der Waals surface area contributed by atoms with Crippen molar-refractivity contribution in [2.24, 2.45) is 4.99 Å². The van der Waals surface area contributed by atoms with E-state index in [1.165, 1.54) is 47.7 Å². The van der Waals surface area contributed by atoms with Crippen molar-refractivity contribution < 1.29 is 4.79 Å². The minimum Gasteiger partial charge on any atom is -0.326 e. The molecule has 2 atom stereocenters. The zero-order valence-corrected chi connectivity index (χ0v) is 13.7. The Labute approximate surface area is 140 Å². The minimum atomic E-state index is 0.125. The van der Waals surface area contributed by atoms with Crippen molar-refractivity contribution in [3.8, 4) is 0 Å². The zero-order chi connectivity index (χ0) is 15.4. The van der Waals surface area contributed by atoms with E-state index in [0.29, 0.717) is 18.5 Å². The number of hydrogen-bond acceptors (Lipinski definition) is 4. The second-order valence-corrected chi connectivity index (χ2v) is 7.58. The van der Waals surface area contributed by atoms with Crippen LogP contribution in [0.5, 0.6) is 0 Å². The molecule has 0 bridgehead atoms. The normalized spacial score (nSPS) is 28.5. The highest BCUT2D eigenvalue weighted by atomic mass is 32.2. The Morgan fingerprint density at radius 1 is 1.22 bits per heavy atom. The lowest BCUT2D eigenvalue weighted by Gasteiger charge is -2.32. The van der Waals surface area contributed by atoms with Gasteiger partial charge in [0.1, 0.15) is 0 Å². The number of aryl methyl sites for hydroxylation is 1. The van der Waals surface area contributed by atoms with Gasteiger partial charge in [0.2, 0.25) is 5.91 Å². The average Bonchev–Trinajstić information content (AvgIpc) is 3.13. The predicted molar refractivity (Wildman–Crippen MR) is 94.3 cm³/mol. The molecule has 0 aromatic heterocycles. The van der Waals surface area contributed by atoms with Gasteiger partial charge in [0.15, 0.2) is 5.17 Å². The van der Waals surface area contributed by atoms with Crippen LogP contribution in [0.25, 0.3) is 5.70 Å². The summed E-state index contributed by atoms with van der Waals surface area (Å²) in [7, 11) is 0. The lowest BCUT2D eigenvalue weighted by molar-refractivity contribution is -0.116. The molecule has 3 aliphatic heterocycles. The summed E-state index contributed by atoms with van der Waals surface area (Å²) < 4.78 is 0. The Morgan fingerprint density at radius 3 is 3.09 bits per heavy atom. The third-order valence-corrected chi connectivity index (χ3v) is 6.19. The number of amidine groups is 1. The number of carbonyl (C=O) groups is 1. The topological polar surface area (TPSA) is 44.7 Å². The number of aliphatic imine (C=N–C) groups is 1. The van der Waals surface area contributed by atoms with E-state index in [0.717, 1.165) is 12.1 Å². The quantitative estimate of drug-likeness (QED) is 0.858. The van der Waals surface area contributed by atoms with Crippen LogP contribution in [-0.4, -0.2) is 28.1 Å². The number of carbonyl (C=O) groups excluding carboxylic acids is 1. The molecule has 0 saturated heterocycles. The second-order valence-electron chi connectivity index (χ2n) is 6.74. The third-order valence-electron chi connectivity index (χ3n) is 5.34. The van der Waals surface area contributed by atoms with E-state index in [1.807, 2.05) is 0 Å². The first-order valence-electron chi connectivity index (χ1n) is 8.46. The Kier molecular flexibility index (Phi) is 3.05. The van der Waals surface area contributed by atoms with Crippen LogP contribution in [0.4, 0.5) is 5.69 Å². The molecular weight excluding hydrogens is 306 g/mol. The van der Waals surface area contributed by atoms with Crippen molar-refractivity contribution in [3.63, 3.8) is 0 Å². The largest absolute Gasteiger partial charge is 0.326 e. The highest BCUT2D eigenvalue weighted by molar-refractivity contribution is 8.16. The van der Waals surface area contributed by atoms with Gasteiger partial charge in [-0.1, -0.05) is 30.7 Å². The van der Waals surface area contributed by atoms with Crippen LogP contribution >= 0.6 is 11.8 Å². The SMILES string of the molecule is O=C1CCc2cc(C3=CSC4=N[C@@H]5CCCC[C@H]5N34)ccc2N1. The first-order valence-corrected chi connectivity index (χ1v) is 9.34. The lowest BCUT2D eigenvalue weighted by atomic mass is 9.90. The van der Waals surface area contributed by atoms with Crippen LogP contribution in [0.3, 0.4) is 0 Å². The van der Waals surface area contributed by atoms with Crippen molar-refractivity contribution in [1.29, 1.82) is 0 Å². The molecule has 4 aliphatic rings. The predicted octanol–water partition coefficient (Wildman–Crippen LogP) is 3.60.